The number of rotatable bonds is 6. The van der Waals surface area contributed by atoms with Crippen LogP contribution < -0.4 is 0 Å². The number of nitrogens with zero attached hydrogens (tertiary/aromatic N) is 4. The van der Waals surface area contributed by atoms with Gasteiger partial charge in [-0.15, -0.1) is 0 Å². The lowest BCUT2D eigenvalue weighted by atomic mass is 9.95. The maximum Gasteiger partial charge on any atom is 0.160 e. The molecule has 0 aliphatic heterocycles. The monoisotopic (exact) mass is 726 g/mol. The lowest BCUT2D eigenvalue weighted by Gasteiger charge is -2.14. The molecule has 3 heterocycles. The van der Waals surface area contributed by atoms with Crippen molar-refractivity contribution in [1.29, 1.82) is 0 Å². The molecule has 0 N–H and O–H groups in total. The fraction of sp³-hybridized carbons (Fsp3) is 0. The third kappa shape index (κ3) is 5.66. The van der Waals surface area contributed by atoms with E-state index in [2.05, 4.69) is 199 Å². The highest BCUT2D eigenvalue weighted by Gasteiger charge is 2.20. The average molecular weight is 727 g/mol. The molecule has 4 nitrogen and oxygen atoms in total. The molecule has 0 atom stereocenters. The molecule has 11 aromatic rings. The Hall–Kier alpha value is -7.69. The van der Waals surface area contributed by atoms with Crippen LogP contribution in [0.3, 0.4) is 0 Å². The average Bonchev–Trinajstić information content (AvgIpc) is 3.64. The van der Waals surface area contributed by atoms with E-state index in [1.54, 1.807) is 0 Å². The van der Waals surface area contributed by atoms with Gasteiger partial charge in [-0.3, -0.25) is 0 Å². The van der Waals surface area contributed by atoms with Gasteiger partial charge in [0.1, 0.15) is 0 Å². The van der Waals surface area contributed by atoms with Gasteiger partial charge in [0.15, 0.2) is 5.82 Å². The molecule has 3 aromatic heterocycles. The van der Waals surface area contributed by atoms with Crippen LogP contribution in [0.2, 0.25) is 0 Å². The summed E-state index contributed by atoms with van der Waals surface area (Å²) in [6.07, 6.45) is 0. The van der Waals surface area contributed by atoms with Crippen LogP contribution in [0.4, 0.5) is 0 Å². The zero-order chi connectivity index (χ0) is 37.7. The molecule has 0 fully saturated rings. The van der Waals surface area contributed by atoms with Crippen molar-refractivity contribution in [2.24, 2.45) is 0 Å². The molecule has 0 radical (unpaired) electrons. The highest BCUT2D eigenvalue weighted by atomic mass is 15.0. The Morgan fingerprint density at radius 1 is 0.316 bits per heavy atom. The van der Waals surface area contributed by atoms with E-state index in [1.165, 1.54) is 32.8 Å². The molecule has 4 heteroatoms. The van der Waals surface area contributed by atoms with E-state index in [9.17, 15) is 0 Å². The van der Waals surface area contributed by atoms with Gasteiger partial charge in [-0.1, -0.05) is 164 Å². The number of hydrogen-bond donors (Lipinski definition) is 0. The molecule has 0 saturated heterocycles. The Labute approximate surface area is 330 Å². The minimum absolute atomic E-state index is 0.683. The van der Waals surface area contributed by atoms with E-state index in [4.69, 9.17) is 15.0 Å². The van der Waals surface area contributed by atoms with Crippen LogP contribution in [0.5, 0.6) is 0 Å². The van der Waals surface area contributed by atoms with Crippen molar-refractivity contribution >= 4 is 43.5 Å². The number of para-hydroxylation sites is 3. The van der Waals surface area contributed by atoms with E-state index in [0.717, 1.165) is 66.9 Å². The number of pyridine rings is 1. The van der Waals surface area contributed by atoms with Gasteiger partial charge >= 0.3 is 0 Å². The summed E-state index contributed by atoms with van der Waals surface area (Å²) in [5, 5.41) is 5.91. The van der Waals surface area contributed by atoms with E-state index < -0.39 is 0 Å². The highest BCUT2D eigenvalue weighted by Crippen LogP contribution is 2.43. The molecule has 0 aliphatic rings. The molecular formula is C53H34N4. The first-order valence-corrected chi connectivity index (χ1v) is 19.3. The molecule has 0 spiro atoms. The van der Waals surface area contributed by atoms with Crippen LogP contribution in [0, 0.1) is 0 Å². The van der Waals surface area contributed by atoms with Gasteiger partial charge < -0.3 is 4.57 Å². The van der Waals surface area contributed by atoms with Gasteiger partial charge in [-0.25, -0.2) is 15.0 Å². The van der Waals surface area contributed by atoms with Crippen LogP contribution in [-0.2, 0) is 0 Å². The summed E-state index contributed by atoms with van der Waals surface area (Å²) in [7, 11) is 0. The lowest BCUT2D eigenvalue weighted by Crippen LogP contribution is -1.96. The van der Waals surface area contributed by atoms with E-state index in [0.29, 0.717) is 5.82 Å². The summed E-state index contributed by atoms with van der Waals surface area (Å²) in [5.74, 6) is 0.683. The summed E-state index contributed by atoms with van der Waals surface area (Å²) in [5.41, 5.74) is 13.5. The van der Waals surface area contributed by atoms with Crippen molar-refractivity contribution in [2.75, 3.05) is 0 Å². The zero-order valence-corrected chi connectivity index (χ0v) is 30.9. The minimum atomic E-state index is 0.683. The second kappa shape index (κ2) is 13.6. The Morgan fingerprint density at radius 2 is 0.895 bits per heavy atom. The number of benzene rings is 8. The fourth-order valence-corrected chi connectivity index (χ4v) is 8.33. The molecule has 266 valence electrons. The largest absolute Gasteiger partial charge is 0.309 e. The third-order valence-corrected chi connectivity index (χ3v) is 11.0. The van der Waals surface area contributed by atoms with Gasteiger partial charge in [0, 0.05) is 54.9 Å². The SMILES string of the molecule is c1ccc(-c2ccc(-c3nc(-c4ccccc4)cc(-c4cccc(-c5nc6ccccc6c6c5ccc5c6c6ccccc6n5-c5ccccc5)c4)n3)cc2)cc1. The highest BCUT2D eigenvalue weighted by molar-refractivity contribution is 6.29. The van der Waals surface area contributed by atoms with Crippen molar-refractivity contribution in [1.82, 2.24) is 19.5 Å². The van der Waals surface area contributed by atoms with Crippen LogP contribution in [-0.4, -0.2) is 19.5 Å². The molecule has 0 amide bonds. The number of hydrogen-bond acceptors (Lipinski definition) is 3. The minimum Gasteiger partial charge on any atom is -0.309 e. The summed E-state index contributed by atoms with van der Waals surface area (Å²) >= 11 is 0. The molecular weight excluding hydrogens is 693 g/mol. The Kier molecular flexibility index (Phi) is 7.78. The van der Waals surface area contributed by atoms with Crippen LogP contribution in [0.15, 0.2) is 206 Å². The number of fused-ring (bicyclic) bond motifs is 7. The Bertz CT molecular complexity index is 3260. The standard InChI is InChI=1S/C53H34N4/c1-4-15-35(16-5-1)36-27-29-38(30-28-36)53-55-46(37-17-6-2-7-18-37)34-47(56-53)39-19-14-20-40(33-39)52-44-31-32-49-51(50(44)42-23-10-12-25-45(42)54-52)43-24-11-13-26-48(43)57(49)41-21-8-3-9-22-41/h1-34H. The van der Waals surface area contributed by atoms with Crippen molar-refractivity contribution in [3.8, 4) is 62.0 Å². The van der Waals surface area contributed by atoms with E-state index in [1.807, 2.05) is 12.1 Å². The van der Waals surface area contributed by atoms with Crippen LogP contribution in [0.25, 0.3) is 105 Å². The smallest absolute Gasteiger partial charge is 0.160 e. The first-order chi connectivity index (χ1) is 28.3. The summed E-state index contributed by atoms with van der Waals surface area (Å²) < 4.78 is 2.38. The van der Waals surface area contributed by atoms with Crippen molar-refractivity contribution < 1.29 is 0 Å². The maximum atomic E-state index is 5.38. The van der Waals surface area contributed by atoms with Gasteiger partial charge in [0.05, 0.1) is 33.6 Å². The number of aromatic nitrogens is 4. The first-order valence-electron chi connectivity index (χ1n) is 19.3. The second-order valence-corrected chi connectivity index (χ2v) is 14.4. The zero-order valence-electron chi connectivity index (χ0n) is 30.9. The second-order valence-electron chi connectivity index (χ2n) is 14.4. The quantitative estimate of drug-likeness (QED) is 0.160. The van der Waals surface area contributed by atoms with E-state index in [-0.39, 0.29) is 0 Å². The molecule has 0 bridgehead atoms. The Balaban J connectivity index is 1.11. The third-order valence-electron chi connectivity index (χ3n) is 11.0. The van der Waals surface area contributed by atoms with Crippen LogP contribution in [0.1, 0.15) is 0 Å². The molecule has 57 heavy (non-hydrogen) atoms. The first kappa shape index (κ1) is 32.7. The van der Waals surface area contributed by atoms with Crippen molar-refractivity contribution in [3.05, 3.63) is 206 Å². The van der Waals surface area contributed by atoms with Crippen molar-refractivity contribution in [3.63, 3.8) is 0 Å². The van der Waals surface area contributed by atoms with Gasteiger partial charge in [0.25, 0.3) is 0 Å². The van der Waals surface area contributed by atoms with Gasteiger partial charge in [-0.2, -0.15) is 0 Å². The lowest BCUT2D eigenvalue weighted by molar-refractivity contribution is 1.18. The molecule has 11 rings (SSSR count). The maximum absolute atomic E-state index is 5.38. The predicted octanol–water partition coefficient (Wildman–Crippen LogP) is 13.6. The van der Waals surface area contributed by atoms with Crippen molar-refractivity contribution in [2.45, 2.75) is 0 Å². The summed E-state index contributed by atoms with van der Waals surface area (Å²) in [4.78, 5) is 15.7. The molecule has 0 saturated carbocycles. The van der Waals surface area contributed by atoms with Gasteiger partial charge in [0.2, 0.25) is 0 Å². The predicted molar refractivity (Wildman–Crippen MR) is 236 cm³/mol. The van der Waals surface area contributed by atoms with Crippen LogP contribution >= 0.6 is 0 Å². The molecule has 0 aliphatic carbocycles. The fourth-order valence-electron chi connectivity index (χ4n) is 8.33. The van der Waals surface area contributed by atoms with E-state index >= 15 is 0 Å². The normalized spacial score (nSPS) is 11.5. The molecule has 0 unspecified atom stereocenters. The topological polar surface area (TPSA) is 43.6 Å². The summed E-state index contributed by atoms with van der Waals surface area (Å²) in [6.45, 7) is 0. The Morgan fingerprint density at radius 3 is 1.67 bits per heavy atom. The van der Waals surface area contributed by atoms with Gasteiger partial charge in [-0.05, 0) is 53.6 Å². The molecule has 8 aromatic carbocycles. The summed E-state index contributed by atoms with van der Waals surface area (Å²) in [6, 6.07) is 72.5.